The zero-order chi connectivity index (χ0) is 13.3. The molecule has 0 aromatic heterocycles. The minimum atomic E-state index is -1.15. The third-order valence-corrected chi connectivity index (χ3v) is 2.64. The van der Waals surface area contributed by atoms with Gasteiger partial charge in [-0.1, -0.05) is 0 Å². The number of hydrogen-bond acceptors (Lipinski definition) is 5. The Morgan fingerprint density at radius 3 is 2.47 bits per heavy atom. The van der Waals surface area contributed by atoms with Gasteiger partial charge >= 0.3 is 11.9 Å². The van der Waals surface area contributed by atoms with Crippen LogP contribution in [0.25, 0.3) is 0 Å². The molecule has 0 aliphatic rings. The zero-order valence-corrected chi connectivity index (χ0v) is 10.7. The first-order valence-corrected chi connectivity index (χ1v) is 6.48. The zero-order valence-electron chi connectivity index (χ0n) is 9.89. The lowest BCUT2D eigenvalue weighted by Crippen LogP contribution is -2.41. The van der Waals surface area contributed by atoms with Gasteiger partial charge in [0, 0.05) is 18.6 Å². The summed E-state index contributed by atoms with van der Waals surface area (Å²) in [4.78, 5) is 33.0. The fraction of sp³-hybridized carbons (Fsp3) is 0.700. The molecule has 0 radical (unpaired) electrons. The Labute approximate surface area is 104 Å². The van der Waals surface area contributed by atoms with Crippen LogP contribution in [0.1, 0.15) is 19.3 Å². The van der Waals surface area contributed by atoms with Crippen molar-refractivity contribution in [3.05, 3.63) is 0 Å². The Balaban J connectivity index is 4.10. The molecule has 0 rings (SSSR count). The molecule has 0 saturated heterocycles. The molecule has 0 spiro atoms. The molecule has 0 aromatic carbocycles. The number of hydrogen-bond donors (Lipinski definition) is 2. The number of aliphatic carboxylic acids is 1. The number of thioether (sulfide) groups is 1. The molecule has 2 N–H and O–H groups in total. The van der Waals surface area contributed by atoms with Crippen LogP contribution in [0.2, 0.25) is 0 Å². The minimum absolute atomic E-state index is 0.0315. The van der Waals surface area contributed by atoms with Crippen molar-refractivity contribution in [3.63, 3.8) is 0 Å². The van der Waals surface area contributed by atoms with E-state index in [2.05, 4.69) is 10.1 Å². The second kappa shape index (κ2) is 8.86. The molecule has 7 heteroatoms. The Morgan fingerprint density at radius 2 is 2.00 bits per heavy atom. The largest absolute Gasteiger partial charge is 0.480 e. The lowest BCUT2D eigenvalue weighted by molar-refractivity contribution is -0.144. The van der Waals surface area contributed by atoms with E-state index >= 15 is 0 Å². The molecule has 0 saturated carbocycles. The molecule has 6 nitrogen and oxygen atoms in total. The third-order valence-electron chi connectivity index (χ3n) is 2.03. The van der Waals surface area contributed by atoms with E-state index in [-0.39, 0.29) is 25.2 Å². The number of carboxylic acid groups (broad SMARTS) is 1. The molecule has 0 bridgehead atoms. The number of rotatable bonds is 8. The predicted molar refractivity (Wildman–Crippen MR) is 63.8 cm³/mol. The second-order valence-corrected chi connectivity index (χ2v) is 4.30. The fourth-order valence-corrected chi connectivity index (χ4v) is 1.47. The summed E-state index contributed by atoms with van der Waals surface area (Å²) in [5.74, 6) is -1.33. The van der Waals surface area contributed by atoms with Crippen molar-refractivity contribution in [1.29, 1.82) is 0 Å². The first-order chi connectivity index (χ1) is 8.01. The molecule has 98 valence electrons. The van der Waals surface area contributed by atoms with Crippen molar-refractivity contribution in [1.82, 2.24) is 5.32 Å². The smallest absolute Gasteiger partial charge is 0.326 e. The van der Waals surface area contributed by atoms with E-state index in [0.29, 0.717) is 5.75 Å². The number of carbonyl (C=O) groups excluding carboxylic acids is 2. The van der Waals surface area contributed by atoms with Gasteiger partial charge in [-0.2, -0.15) is 11.8 Å². The van der Waals surface area contributed by atoms with Crippen LogP contribution in [0, 0.1) is 0 Å². The van der Waals surface area contributed by atoms with Crippen LogP contribution in [0.4, 0.5) is 0 Å². The number of carbonyl (C=O) groups is 3. The van der Waals surface area contributed by atoms with E-state index in [4.69, 9.17) is 5.11 Å². The Hall–Kier alpha value is -1.24. The van der Waals surface area contributed by atoms with Crippen LogP contribution < -0.4 is 5.32 Å². The van der Waals surface area contributed by atoms with Crippen molar-refractivity contribution in [2.75, 3.05) is 19.1 Å². The summed E-state index contributed by atoms with van der Waals surface area (Å²) in [7, 11) is 1.23. The number of nitrogens with one attached hydrogen (secondary N) is 1. The molecule has 0 aliphatic heterocycles. The van der Waals surface area contributed by atoms with E-state index in [9.17, 15) is 14.4 Å². The van der Waals surface area contributed by atoms with Gasteiger partial charge < -0.3 is 15.2 Å². The highest BCUT2D eigenvalue weighted by molar-refractivity contribution is 7.98. The quantitative estimate of drug-likeness (QED) is 0.610. The molecule has 0 fully saturated rings. The van der Waals surface area contributed by atoms with E-state index in [0.717, 1.165) is 0 Å². The predicted octanol–water partition coefficient (Wildman–Crippen LogP) is 0.262. The van der Waals surface area contributed by atoms with Crippen LogP contribution in [0.3, 0.4) is 0 Å². The monoisotopic (exact) mass is 263 g/mol. The Kier molecular flexibility index (Phi) is 8.21. The van der Waals surface area contributed by atoms with Gasteiger partial charge in [0.25, 0.3) is 0 Å². The Bertz CT molecular complexity index is 282. The molecular formula is C10H17NO5S. The number of carboxylic acids is 1. The number of methoxy groups -OCH3 is 1. The molecule has 0 aliphatic carbocycles. The average Bonchev–Trinajstić information content (AvgIpc) is 2.30. The van der Waals surface area contributed by atoms with Crippen molar-refractivity contribution >= 4 is 29.6 Å². The first kappa shape index (κ1) is 15.8. The maximum absolute atomic E-state index is 11.3. The van der Waals surface area contributed by atoms with Crippen LogP contribution in [-0.2, 0) is 19.1 Å². The van der Waals surface area contributed by atoms with Crippen molar-refractivity contribution in [3.8, 4) is 0 Å². The highest BCUT2D eigenvalue weighted by Crippen LogP contribution is 2.01. The van der Waals surface area contributed by atoms with Crippen LogP contribution in [-0.4, -0.2) is 48.1 Å². The summed E-state index contributed by atoms with van der Waals surface area (Å²) >= 11 is 1.50. The fourth-order valence-electron chi connectivity index (χ4n) is 1.08. The van der Waals surface area contributed by atoms with Crippen molar-refractivity contribution in [2.45, 2.75) is 25.3 Å². The summed E-state index contributed by atoms with van der Waals surface area (Å²) in [6.07, 6.45) is 2.13. The summed E-state index contributed by atoms with van der Waals surface area (Å²) in [6.45, 7) is 0. The minimum Gasteiger partial charge on any atom is -0.480 e. The standard InChI is InChI=1S/C10H17NO5S/c1-16-9(13)4-3-7(10(14)15)11-8(12)5-6-17-2/h7H,3-6H2,1-2H3,(H,11,12)(H,14,15)/t7-/m1/s1. The van der Waals surface area contributed by atoms with Crippen LogP contribution >= 0.6 is 11.8 Å². The molecule has 0 aromatic rings. The van der Waals surface area contributed by atoms with E-state index in [1.54, 1.807) is 0 Å². The molecule has 0 heterocycles. The highest BCUT2D eigenvalue weighted by atomic mass is 32.2. The highest BCUT2D eigenvalue weighted by Gasteiger charge is 2.20. The molecule has 17 heavy (non-hydrogen) atoms. The molecule has 1 atom stereocenters. The second-order valence-electron chi connectivity index (χ2n) is 3.32. The summed E-state index contributed by atoms with van der Waals surface area (Å²) < 4.78 is 4.40. The lowest BCUT2D eigenvalue weighted by atomic mass is 10.1. The van der Waals surface area contributed by atoms with Crippen LogP contribution in [0.15, 0.2) is 0 Å². The van der Waals surface area contributed by atoms with Crippen molar-refractivity contribution < 1.29 is 24.2 Å². The number of amides is 1. The molecule has 0 unspecified atom stereocenters. The third kappa shape index (κ3) is 7.62. The van der Waals surface area contributed by atoms with Gasteiger partial charge in [0.1, 0.15) is 6.04 Å². The first-order valence-electron chi connectivity index (χ1n) is 5.09. The normalized spacial score (nSPS) is 11.6. The van der Waals surface area contributed by atoms with Gasteiger partial charge in [0.15, 0.2) is 0 Å². The van der Waals surface area contributed by atoms with Gasteiger partial charge in [-0.15, -0.1) is 0 Å². The Morgan fingerprint density at radius 1 is 1.35 bits per heavy atom. The molecular weight excluding hydrogens is 246 g/mol. The van der Waals surface area contributed by atoms with Crippen LogP contribution in [0.5, 0.6) is 0 Å². The van der Waals surface area contributed by atoms with E-state index in [1.807, 2.05) is 6.26 Å². The topological polar surface area (TPSA) is 92.7 Å². The maximum Gasteiger partial charge on any atom is 0.326 e. The van der Waals surface area contributed by atoms with Gasteiger partial charge in [0.05, 0.1) is 7.11 Å². The van der Waals surface area contributed by atoms with E-state index in [1.165, 1.54) is 18.9 Å². The average molecular weight is 263 g/mol. The maximum atomic E-state index is 11.3. The van der Waals surface area contributed by atoms with Gasteiger partial charge in [-0.05, 0) is 12.7 Å². The van der Waals surface area contributed by atoms with Gasteiger partial charge in [-0.25, -0.2) is 4.79 Å². The van der Waals surface area contributed by atoms with Gasteiger partial charge in [0.2, 0.25) is 5.91 Å². The number of ether oxygens (including phenoxy) is 1. The molecule has 1 amide bonds. The summed E-state index contributed by atoms with van der Waals surface area (Å²) in [5, 5.41) is 11.2. The summed E-state index contributed by atoms with van der Waals surface area (Å²) in [5.41, 5.74) is 0. The van der Waals surface area contributed by atoms with Gasteiger partial charge in [-0.3, -0.25) is 9.59 Å². The van der Waals surface area contributed by atoms with E-state index < -0.39 is 18.0 Å². The van der Waals surface area contributed by atoms with Crippen molar-refractivity contribution in [2.24, 2.45) is 0 Å². The SMILES string of the molecule is COC(=O)CC[C@@H](NC(=O)CCSC)C(=O)O. The summed E-state index contributed by atoms with van der Waals surface area (Å²) in [6, 6.07) is -1.04. The number of esters is 1. The lowest BCUT2D eigenvalue weighted by Gasteiger charge is -2.13.